The number of fused-ring (bicyclic) bond motifs is 1. The standard InChI is InChI=1S/C24H24F4N4O4/c1-24(2,34-3)11-35-17-10-29-6-4-13(17)19-20(18-15(31-19)5-7-30-22(18)33)32-16-9-12(25)8-14(26)21(16)36-23(27)28/h4,6,8-10,23,31-32H,5,7,11H2,1-3H3,(H,30,33). The summed E-state index contributed by atoms with van der Waals surface area (Å²) in [6.45, 7) is 0.819. The lowest BCUT2D eigenvalue weighted by Gasteiger charge is -2.23. The number of nitrogens with zero attached hydrogens (tertiary/aromatic N) is 1. The molecule has 4 rings (SSSR count). The van der Waals surface area contributed by atoms with Crippen molar-refractivity contribution in [2.75, 3.05) is 25.6 Å². The molecular weight excluding hydrogens is 484 g/mol. The van der Waals surface area contributed by atoms with Crippen LogP contribution in [0.2, 0.25) is 0 Å². The second-order valence-corrected chi connectivity index (χ2v) is 8.63. The van der Waals surface area contributed by atoms with Gasteiger partial charge in [0.15, 0.2) is 11.6 Å². The van der Waals surface area contributed by atoms with Crippen LogP contribution in [0.25, 0.3) is 11.3 Å². The Hall–Kier alpha value is -3.80. The van der Waals surface area contributed by atoms with Crippen molar-refractivity contribution in [1.82, 2.24) is 15.3 Å². The van der Waals surface area contributed by atoms with Crippen LogP contribution in [0.1, 0.15) is 29.9 Å². The van der Waals surface area contributed by atoms with Crippen molar-refractivity contribution in [3.8, 4) is 22.8 Å². The zero-order valence-electron chi connectivity index (χ0n) is 19.7. The fourth-order valence-electron chi connectivity index (χ4n) is 3.72. The van der Waals surface area contributed by atoms with Gasteiger partial charge in [-0.15, -0.1) is 0 Å². The number of amides is 1. The van der Waals surface area contributed by atoms with Gasteiger partial charge in [-0.3, -0.25) is 9.78 Å². The minimum Gasteiger partial charge on any atom is -0.488 e. The minimum atomic E-state index is -3.36. The van der Waals surface area contributed by atoms with Crippen LogP contribution in [0.15, 0.2) is 30.6 Å². The van der Waals surface area contributed by atoms with Gasteiger partial charge in [0.25, 0.3) is 5.91 Å². The summed E-state index contributed by atoms with van der Waals surface area (Å²) in [4.78, 5) is 20.1. The number of H-pyrrole nitrogens is 1. The molecule has 0 unspecified atom stereocenters. The van der Waals surface area contributed by atoms with E-state index in [4.69, 9.17) is 9.47 Å². The zero-order valence-corrected chi connectivity index (χ0v) is 19.7. The van der Waals surface area contributed by atoms with Crippen LogP contribution in [0.4, 0.5) is 28.9 Å². The van der Waals surface area contributed by atoms with E-state index in [9.17, 15) is 22.4 Å². The first-order chi connectivity index (χ1) is 17.1. The summed E-state index contributed by atoms with van der Waals surface area (Å²) in [6.07, 6.45) is 3.41. The van der Waals surface area contributed by atoms with Crippen LogP contribution in [0, 0.1) is 11.6 Å². The van der Waals surface area contributed by atoms with Gasteiger partial charge in [0.05, 0.1) is 34.4 Å². The molecule has 1 amide bonds. The van der Waals surface area contributed by atoms with Gasteiger partial charge < -0.3 is 29.8 Å². The van der Waals surface area contributed by atoms with Gasteiger partial charge in [0.1, 0.15) is 18.2 Å². The quantitative estimate of drug-likeness (QED) is 0.360. The molecule has 0 radical (unpaired) electrons. The van der Waals surface area contributed by atoms with Crippen molar-refractivity contribution in [3.63, 3.8) is 0 Å². The molecule has 8 nitrogen and oxygen atoms in total. The van der Waals surface area contributed by atoms with Gasteiger partial charge in [-0.2, -0.15) is 8.78 Å². The Balaban J connectivity index is 1.85. The molecule has 1 aliphatic rings. The third-order valence-electron chi connectivity index (χ3n) is 5.62. The lowest BCUT2D eigenvalue weighted by Crippen LogP contribution is -2.31. The summed E-state index contributed by atoms with van der Waals surface area (Å²) in [5.74, 6) is -3.37. The average molecular weight is 508 g/mol. The number of hydrogen-bond donors (Lipinski definition) is 3. The Morgan fingerprint density at radius 3 is 2.75 bits per heavy atom. The van der Waals surface area contributed by atoms with E-state index in [0.29, 0.717) is 41.7 Å². The summed E-state index contributed by atoms with van der Waals surface area (Å²) in [7, 11) is 1.55. The molecule has 0 atom stereocenters. The van der Waals surface area contributed by atoms with Crippen molar-refractivity contribution in [1.29, 1.82) is 0 Å². The summed E-state index contributed by atoms with van der Waals surface area (Å²) >= 11 is 0. The number of benzene rings is 1. The molecule has 3 aromatic rings. The van der Waals surface area contributed by atoms with E-state index in [1.165, 1.54) is 12.4 Å². The number of anilines is 2. The summed E-state index contributed by atoms with van der Waals surface area (Å²) in [5.41, 5.74) is 0.573. The van der Waals surface area contributed by atoms with Gasteiger partial charge >= 0.3 is 6.61 Å². The predicted octanol–water partition coefficient (Wildman–Crippen LogP) is 4.79. The van der Waals surface area contributed by atoms with Crippen LogP contribution in [-0.2, 0) is 11.2 Å². The largest absolute Gasteiger partial charge is 0.488 e. The Kier molecular flexibility index (Phi) is 7.07. The Morgan fingerprint density at radius 2 is 2.03 bits per heavy atom. The van der Waals surface area contributed by atoms with Crippen LogP contribution >= 0.6 is 0 Å². The second-order valence-electron chi connectivity index (χ2n) is 8.63. The predicted molar refractivity (Wildman–Crippen MR) is 123 cm³/mol. The molecule has 3 N–H and O–H groups in total. The summed E-state index contributed by atoms with van der Waals surface area (Å²) in [6, 6.07) is 2.85. The van der Waals surface area contributed by atoms with E-state index < -0.39 is 41.2 Å². The number of rotatable bonds is 9. The maximum Gasteiger partial charge on any atom is 0.387 e. The van der Waals surface area contributed by atoms with Crippen molar-refractivity contribution in [2.24, 2.45) is 0 Å². The number of aromatic nitrogens is 2. The number of ether oxygens (including phenoxy) is 3. The molecule has 36 heavy (non-hydrogen) atoms. The van der Waals surface area contributed by atoms with Crippen molar-refractivity contribution < 1.29 is 36.6 Å². The highest BCUT2D eigenvalue weighted by Gasteiger charge is 2.30. The Labute approximate surface area is 204 Å². The maximum atomic E-state index is 14.4. The lowest BCUT2D eigenvalue weighted by atomic mass is 10.0. The molecule has 0 aliphatic carbocycles. The van der Waals surface area contributed by atoms with Crippen LogP contribution in [0.3, 0.4) is 0 Å². The van der Waals surface area contributed by atoms with Gasteiger partial charge in [0.2, 0.25) is 0 Å². The first-order valence-corrected chi connectivity index (χ1v) is 11.0. The van der Waals surface area contributed by atoms with E-state index in [-0.39, 0.29) is 17.9 Å². The molecule has 0 bridgehead atoms. The molecule has 0 fully saturated rings. The van der Waals surface area contributed by atoms with Gasteiger partial charge in [-0.05, 0) is 19.9 Å². The van der Waals surface area contributed by atoms with E-state index in [0.717, 1.165) is 6.07 Å². The van der Waals surface area contributed by atoms with Crippen molar-refractivity contribution in [3.05, 3.63) is 53.5 Å². The maximum absolute atomic E-state index is 14.4. The molecule has 0 saturated carbocycles. The normalized spacial score (nSPS) is 13.4. The number of carbonyl (C=O) groups excluding carboxylic acids is 1. The molecule has 192 valence electrons. The van der Waals surface area contributed by atoms with E-state index >= 15 is 0 Å². The van der Waals surface area contributed by atoms with E-state index in [2.05, 4.69) is 25.3 Å². The SMILES string of the molecule is COC(C)(C)COc1cnccc1-c1[nH]c2c(c1Nc1cc(F)cc(F)c1OC(F)F)C(=O)NCC2. The molecular formula is C24H24F4N4O4. The summed E-state index contributed by atoms with van der Waals surface area (Å²) in [5, 5.41) is 5.45. The van der Waals surface area contributed by atoms with Crippen LogP contribution in [0.5, 0.6) is 11.5 Å². The zero-order chi connectivity index (χ0) is 26.0. The highest BCUT2D eigenvalue weighted by molar-refractivity contribution is 6.06. The molecule has 2 aromatic heterocycles. The fourth-order valence-corrected chi connectivity index (χ4v) is 3.72. The van der Waals surface area contributed by atoms with E-state index in [1.807, 2.05) is 13.8 Å². The average Bonchev–Trinajstić information content (AvgIpc) is 3.19. The van der Waals surface area contributed by atoms with Crippen molar-refractivity contribution in [2.45, 2.75) is 32.5 Å². The molecule has 1 aromatic carbocycles. The second kappa shape index (κ2) is 10.1. The Morgan fingerprint density at radius 1 is 1.25 bits per heavy atom. The lowest BCUT2D eigenvalue weighted by molar-refractivity contribution is -0.0517. The molecule has 12 heteroatoms. The number of methoxy groups -OCH3 is 1. The molecule has 0 saturated heterocycles. The number of nitrogens with one attached hydrogen (secondary N) is 3. The summed E-state index contributed by atoms with van der Waals surface area (Å²) < 4.78 is 70.1. The molecule has 0 spiro atoms. The van der Waals surface area contributed by atoms with Gasteiger partial charge in [-0.1, -0.05) is 0 Å². The van der Waals surface area contributed by atoms with Crippen LogP contribution < -0.4 is 20.1 Å². The highest BCUT2D eigenvalue weighted by atomic mass is 19.3. The number of alkyl halides is 2. The third-order valence-corrected chi connectivity index (χ3v) is 5.62. The highest BCUT2D eigenvalue weighted by Crippen LogP contribution is 2.42. The van der Waals surface area contributed by atoms with E-state index in [1.54, 1.807) is 13.2 Å². The van der Waals surface area contributed by atoms with Crippen molar-refractivity contribution >= 4 is 17.3 Å². The monoisotopic (exact) mass is 508 g/mol. The number of aromatic amines is 1. The topological polar surface area (TPSA) is 97.5 Å². The minimum absolute atomic E-state index is 0.105. The number of pyridine rings is 1. The first-order valence-electron chi connectivity index (χ1n) is 11.0. The third kappa shape index (κ3) is 5.23. The number of carbonyl (C=O) groups is 1. The molecule has 1 aliphatic heterocycles. The first kappa shape index (κ1) is 25.3. The molecule has 3 heterocycles. The fraction of sp³-hybridized carbons (Fsp3) is 0.333. The number of halogens is 4. The van der Waals surface area contributed by atoms with Crippen LogP contribution in [-0.4, -0.2) is 48.3 Å². The Bertz CT molecular complexity index is 1280. The number of hydrogen-bond acceptors (Lipinski definition) is 6. The van der Waals surface area contributed by atoms with Gasteiger partial charge in [-0.25, -0.2) is 8.78 Å². The smallest absolute Gasteiger partial charge is 0.387 e. The van der Waals surface area contributed by atoms with Gasteiger partial charge in [0, 0.05) is 49.7 Å².